The van der Waals surface area contributed by atoms with Gasteiger partial charge < -0.3 is 10.2 Å². The zero-order valence-corrected chi connectivity index (χ0v) is 16.3. The molecule has 1 atom stereocenters. The average molecular weight is 366 g/mol. The lowest BCUT2D eigenvalue weighted by Gasteiger charge is -2.21. The molecule has 0 saturated carbocycles. The summed E-state index contributed by atoms with van der Waals surface area (Å²) in [5.74, 6) is 0.630. The van der Waals surface area contributed by atoms with Gasteiger partial charge >= 0.3 is 0 Å². The van der Waals surface area contributed by atoms with E-state index in [4.69, 9.17) is 4.84 Å². The molecule has 2 aromatic carbocycles. The number of hydrogen-bond acceptors (Lipinski definition) is 5. The molecule has 2 aromatic rings. The normalized spacial score (nSPS) is 19.0. The van der Waals surface area contributed by atoms with Gasteiger partial charge in [0.05, 0.1) is 6.42 Å². The van der Waals surface area contributed by atoms with Crippen molar-refractivity contribution in [3.8, 4) is 0 Å². The average Bonchev–Trinajstić information content (AvgIpc) is 2.95. The van der Waals surface area contributed by atoms with E-state index in [0.717, 1.165) is 22.6 Å². The van der Waals surface area contributed by atoms with Crippen LogP contribution in [0.5, 0.6) is 0 Å². The number of nitrogens with one attached hydrogen (secondary N) is 1. The Balaban J connectivity index is 1.59. The Morgan fingerprint density at radius 1 is 1.15 bits per heavy atom. The highest BCUT2D eigenvalue weighted by Crippen LogP contribution is 2.27. The number of anilines is 1. The lowest BCUT2D eigenvalue weighted by atomic mass is 10.1. The molecule has 0 spiro atoms. The highest BCUT2D eigenvalue weighted by molar-refractivity contribution is 5.99. The van der Waals surface area contributed by atoms with Crippen LogP contribution in [0, 0.1) is 0 Å². The molecule has 142 valence electrons. The molecule has 1 amide bonds. The largest absolute Gasteiger partial charge is 0.378 e. The topological polar surface area (TPSA) is 57.2 Å². The first-order valence-corrected chi connectivity index (χ1v) is 8.97. The molecule has 6 heteroatoms. The summed E-state index contributed by atoms with van der Waals surface area (Å²) in [6.07, 6.45) is 0.156. The molecule has 1 unspecified atom stereocenters. The van der Waals surface area contributed by atoms with Crippen LogP contribution in [0.15, 0.2) is 59.6 Å². The number of hydroxylamine groups is 2. The fourth-order valence-corrected chi connectivity index (χ4v) is 3.03. The van der Waals surface area contributed by atoms with Crippen molar-refractivity contribution in [2.75, 3.05) is 26.0 Å². The van der Waals surface area contributed by atoms with E-state index < -0.39 is 5.72 Å². The third kappa shape index (κ3) is 4.65. The summed E-state index contributed by atoms with van der Waals surface area (Å²) in [5.41, 5.74) is 2.24. The fraction of sp³-hybridized carbons (Fsp3) is 0.333. The Morgan fingerprint density at radius 2 is 1.81 bits per heavy atom. The summed E-state index contributed by atoms with van der Waals surface area (Å²) in [6, 6.07) is 17.9. The number of carbonyl (C=O) groups excluding carboxylic acids is 1. The van der Waals surface area contributed by atoms with Crippen molar-refractivity contribution in [3.63, 3.8) is 0 Å². The second-order valence-corrected chi connectivity index (χ2v) is 7.08. The minimum atomic E-state index is -0.904. The molecule has 1 N–H and O–H groups in total. The lowest BCUT2D eigenvalue weighted by molar-refractivity contribution is -0.166. The first kappa shape index (κ1) is 18.9. The highest BCUT2D eigenvalue weighted by atomic mass is 16.7. The summed E-state index contributed by atoms with van der Waals surface area (Å²) in [4.78, 5) is 25.0. The Labute approximate surface area is 160 Å². The quantitative estimate of drug-likeness (QED) is 0.854. The van der Waals surface area contributed by atoms with Crippen LogP contribution in [0.1, 0.15) is 24.5 Å². The van der Waals surface area contributed by atoms with Crippen LogP contribution in [0.3, 0.4) is 0 Å². The highest BCUT2D eigenvalue weighted by Gasteiger charge is 2.37. The molecular weight excluding hydrogens is 340 g/mol. The van der Waals surface area contributed by atoms with Gasteiger partial charge in [0.25, 0.3) is 0 Å². The van der Waals surface area contributed by atoms with E-state index in [0.29, 0.717) is 6.54 Å². The Kier molecular flexibility index (Phi) is 5.46. The van der Waals surface area contributed by atoms with E-state index in [9.17, 15) is 4.79 Å². The van der Waals surface area contributed by atoms with Crippen LogP contribution in [0.4, 0.5) is 5.69 Å². The van der Waals surface area contributed by atoms with Crippen molar-refractivity contribution in [1.82, 2.24) is 10.4 Å². The number of aliphatic imine (C=N–C) groups is 1. The second-order valence-electron chi connectivity index (χ2n) is 7.08. The maximum atomic E-state index is 12.4. The van der Waals surface area contributed by atoms with Crippen LogP contribution in [0.25, 0.3) is 0 Å². The molecule has 27 heavy (non-hydrogen) atoms. The van der Waals surface area contributed by atoms with Crippen molar-refractivity contribution < 1.29 is 9.63 Å². The minimum absolute atomic E-state index is 0.0966. The SMILES string of the molecule is CN1OC(C)(CC(=O)NCc2ccc(N(C)C)cc2)N=C1c1ccccc1. The summed E-state index contributed by atoms with van der Waals surface area (Å²) >= 11 is 0. The number of amides is 1. The number of nitrogens with zero attached hydrogens (tertiary/aromatic N) is 3. The van der Waals surface area contributed by atoms with Crippen molar-refractivity contribution in [3.05, 3.63) is 65.7 Å². The predicted molar refractivity (Wildman–Crippen MR) is 107 cm³/mol. The number of rotatable bonds is 6. The monoisotopic (exact) mass is 366 g/mol. The summed E-state index contributed by atoms with van der Waals surface area (Å²) in [5, 5.41) is 4.58. The van der Waals surface area contributed by atoms with Gasteiger partial charge in [-0.3, -0.25) is 4.79 Å². The van der Waals surface area contributed by atoms with Gasteiger partial charge in [-0.15, -0.1) is 0 Å². The van der Waals surface area contributed by atoms with Crippen molar-refractivity contribution in [1.29, 1.82) is 0 Å². The second kappa shape index (κ2) is 7.80. The summed E-state index contributed by atoms with van der Waals surface area (Å²) in [7, 11) is 5.81. The van der Waals surface area contributed by atoms with Gasteiger partial charge in [-0.25, -0.2) is 14.9 Å². The van der Waals surface area contributed by atoms with Gasteiger partial charge in [-0.05, 0) is 24.6 Å². The van der Waals surface area contributed by atoms with E-state index in [1.54, 1.807) is 12.1 Å². The van der Waals surface area contributed by atoms with Crippen molar-refractivity contribution >= 4 is 17.4 Å². The number of hydrogen-bond donors (Lipinski definition) is 1. The predicted octanol–water partition coefficient (Wildman–Crippen LogP) is 2.80. The minimum Gasteiger partial charge on any atom is -0.378 e. The van der Waals surface area contributed by atoms with Gasteiger partial charge in [-0.2, -0.15) is 0 Å². The molecule has 1 aliphatic rings. The van der Waals surface area contributed by atoms with Gasteiger partial charge in [0.1, 0.15) is 0 Å². The van der Waals surface area contributed by atoms with Crippen LogP contribution in [0.2, 0.25) is 0 Å². The van der Waals surface area contributed by atoms with Gasteiger partial charge in [0.15, 0.2) is 11.6 Å². The van der Waals surface area contributed by atoms with Gasteiger partial charge in [0, 0.05) is 38.9 Å². The zero-order valence-electron chi connectivity index (χ0n) is 16.3. The van der Waals surface area contributed by atoms with Crippen molar-refractivity contribution in [2.24, 2.45) is 4.99 Å². The molecule has 1 aliphatic heterocycles. The smallest absolute Gasteiger partial charge is 0.225 e. The maximum Gasteiger partial charge on any atom is 0.225 e. The Hall–Kier alpha value is -2.86. The molecule has 0 fully saturated rings. The molecule has 0 saturated heterocycles. The Bertz CT molecular complexity index is 818. The third-order valence-corrected chi connectivity index (χ3v) is 4.44. The van der Waals surface area contributed by atoms with Crippen molar-refractivity contribution in [2.45, 2.75) is 25.6 Å². The molecule has 0 aromatic heterocycles. The number of benzene rings is 2. The van der Waals surface area contributed by atoms with E-state index >= 15 is 0 Å². The first-order valence-electron chi connectivity index (χ1n) is 8.97. The van der Waals surface area contributed by atoms with E-state index in [1.807, 2.05) is 80.5 Å². The van der Waals surface area contributed by atoms with Gasteiger partial charge in [0.2, 0.25) is 5.91 Å². The molecule has 0 bridgehead atoms. The molecule has 1 heterocycles. The van der Waals surface area contributed by atoms with E-state index in [-0.39, 0.29) is 12.3 Å². The van der Waals surface area contributed by atoms with E-state index in [2.05, 4.69) is 10.3 Å². The summed E-state index contributed by atoms with van der Waals surface area (Å²) < 4.78 is 0. The lowest BCUT2D eigenvalue weighted by Crippen LogP contribution is -2.35. The number of carbonyl (C=O) groups is 1. The zero-order chi connectivity index (χ0) is 19.4. The molecule has 3 rings (SSSR count). The summed E-state index contributed by atoms with van der Waals surface area (Å²) in [6.45, 7) is 2.30. The maximum absolute atomic E-state index is 12.4. The van der Waals surface area contributed by atoms with E-state index in [1.165, 1.54) is 0 Å². The fourth-order valence-electron chi connectivity index (χ4n) is 3.03. The standard InChI is InChI=1S/C21H26N4O2/c1-21(23-20(25(4)27-21)17-8-6-5-7-9-17)14-19(26)22-15-16-10-12-18(13-11-16)24(2)3/h5-13H,14-15H2,1-4H3,(H,22,26). The van der Waals surface area contributed by atoms with Crippen LogP contribution >= 0.6 is 0 Å². The number of amidine groups is 1. The third-order valence-electron chi connectivity index (χ3n) is 4.44. The van der Waals surface area contributed by atoms with Crippen LogP contribution in [-0.2, 0) is 16.2 Å². The van der Waals surface area contributed by atoms with Crippen LogP contribution < -0.4 is 10.2 Å². The van der Waals surface area contributed by atoms with Gasteiger partial charge in [-0.1, -0.05) is 42.5 Å². The molecule has 0 aliphatic carbocycles. The first-order chi connectivity index (χ1) is 12.9. The molecule has 6 nitrogen and oxygen atoms in total. The Morgan fingerprint density at radius 3 is 2.44 bits per heavy atom. The molecular formula is C21H26N4O2. The van der Waals surface area contributed by atoms with Crippen LogP contribution in [-0.4, -0.2) is 43.7 Å². The molecule has 0 radical (unpaired) electrons.